The molecule has 1 aliphatic carbocycles. The Hall–Kier alpha value is -1.31. The van der Waals surface area contributed by atoms with Gasteiger partial charge in [-0.05, 0) is 55.7 Å². The second kappa shape index (κ2) is 5.99. The molecule has 1 aromatic rings. The minimum Gasteiger partial charge on any atom is -0.463 e. The van der Waals surface area contributed by atoms with E-state index in [1.54, 1.807) is 6.26 Å². The maximum atomic E-state index is 5.55. The molecule has 2 heteroatoms. The molecule has 0 saturated heterocycles. The lowest BCUT2D eigenvalue weighted by Gasteiger charge is -2.28. The van der Waals surface area contributed by atoms with Gasteiger partial charge in [-0.25, -0.2) is 0 Å². The van der Waals surface area contributed by atoms with Crippen LogP contribution in [0.1, 0.15) is 64.6 Å². The average molecular weight is 271 g/mol. The molecule has 0 atom stereocenters. The van der Waals surface area contributed by atoms with E-state index in [0.29, 0.717) is 0 Å². The predicted molar refractivity (Wildman–Crippen MR) is 83.7 cm³/mol. The van der Waals surface area contributed by atoms with Crippen molar-refractivity contribution in [3.63, 3.8) is 0 Å². The Morgan fingerprint density at radius 2 is 1.95 bits per heavy atom. The molecule has 0 amide bonds. The quantitative estimate of drug-likeness (QED) is 0.713. The van der Waals surface area contributed by atoms with Crippen LogP contribution in [0.25, 0.3) is 5.70 Å². The van der Waals surface area contributed by atoms with Gasteiger partial charge in [0, 0.05) is 12.1 Å². The molecule has 1 fully saturated rings. The Balaban J connectivity index is 1.69. The Bertz CT molecular complexity index is 502. The molecular formula is C18H25NO. The van der Waals surface area contributed by atoms with Gasteiger partial charge in [0.25, 0.3) is 0 Å². The number of allylic oxidation sites excluding steroid dienone is 1. The van der Waals surface area contributed by atoms with Gasteiger partial charge in [-0.1, -0.05) is 26.2 Å². The van der Waals surface area contributed by atoms with E-state index >= 15 is 0 Å². The Labute approximate surface area is 122 Å². The summed E-state index contributed by atoms with van der Waals surface area (Å²) in [7, 11) is 0. The van der Waals surface area contributed by atoms with E-state index in [4.69, 9.17) is 9.41 Å². The average Bonchev–Trinajstić information content (AvgIpc) is 3.09. The van der Waals surface area contributed by atoms with Crippen molar-refractivity contribution < 1.29 is 4.42 Å². The standard InChI is InChI=1S/C18H25NO/c1-3-14-6-8-15(9-7-14)12-16-11-13(2)19-18(16)17-5-4-10-20-17/h4-5,10,14-15H,3,6-9,11-12H2,1-2H3. The van der Waals surface area contributed by atoms with Crippen LogP contribution in [0.4, 0.5) is 0 Å². The van der Waals surface area contributed by atoms with Crippen LogP contribution in [0.5, 0.6) is 0 Å². The summed E-state index contributed by atoms with van der Waals surface area (Å²) in [5.74, 6) is 2.78. The molecule has 2 nitrogen and oxygen atoms in total. The second-order valence-corrected chi connectivity index (χ2v) is 6.45. The summed E-state index contributed by atoms with van der Waals surface area (Å²) in [5, 5.41) is 0. The zero-order valence-corrected chi connectivity index (χ0v) is 12.7. The highest BCUT2D eigenvalue weighted by Crippen LogP contribution is 2.38. The fourth-order valence-corrected chi connectivity index (χ4v) is 3.71. The van der Waals surface area contributed by atoms with Crippen LogP contribution in [0.3, 0.4) is 0 Å². The SMILES string of the molecule is CCC1CCC(CC2=C(c3ccco3)N=C(C)C2)CC1. The highest BCUT2D eigenvalue weighted by Gasteiger charge is 2.25. The first kappa shape index (κ1) is 13.7. The van der Waals surface area contributed by atoms with Gasteiger partial charge in [-0.2, -0.15) is 0 Å². The number of furan rings is 1. The van der Waals surface area contributed by atoms with Gasteiger partial charge in [-0.3, -0.25) is 4.99 Å². The second-order valence-electron chi connectivity index (χ2n) is 6.45. The molecule has 1 saturated carbocycles. The summed E-state index contributed by atoms with van der Waals surface area (Å²) in [5.41, 5.74) is 3.84. The smallest absolute Gasteiger partial charge is 0.152 e. The minimum absolute atomic E-state index is 0.860. The molecule has 3 rings (SSSR count). The number of nitrogens with zero attached hydrogens (tertiary/aromatic N) is 1. The highest BCUT2D eigenvalue weighted by molar-refractivity contribution is 5.95. The molecule has 1 aliphatic heterocycles. The van der Waals surface area contributed by atoms with Crippen LogP contribution in [-0.2, 0) is 0 Å². The summed E-state index contributed by atoms with van der Waals surface area (Å²) in [4.78, 5) is 4.71. The van der Waals surface area contributed by atoms with Crippen molar-refractivity contribution in [2.75, 3.05) is 0 Å². The van der Waals surface area contributed by atoms with Crippen LogP contribution < -0.4 is 0 Å². The maximum Gasteiger partial charge on any atom is 0.152 e. The summed E-state index contributed by atoms with van der Waals surface area (Å²) >= 11 is 0. The van der Waals surface area contributed by atoms with Crippen molar-refractivity contribution >= 4 is 11.4 Å². The van der Waals surface area contributed by atoms with E-state index < -0.39 is 0 Å². The van der Waals surface area contributed by atoms with Crippen molar-refractivity contribution in [3.8, 4) is 0 Å². The van der Waals surface area contributed by atoms with Crippen molar-refractivity contribution in [2.45, 2.75) is 58.8 Å². The first-order valence-electron chi connectivity index (χ1n) is 8.06. The van der Waals surface area contributed by atoms with Gasteiger partial charge < -0.3 is 4.42 Å². The van der Waals surface area contributed by atoms with E-state index in [9.17, 15) is 0 Å². The molecule has 0 radical (unpaired) electrons. The lowest BCUT2D eigenvalue weighted by Crippen LogP contribution is -2.14. The third kappa shape index (κ3) is 2.89. The Morgan fingerprint density at radius 3 is 2.60 bits per heavy atom. The van der Waals surface area contributed by atoms with E-state index in [1.807, 2.05) is 12.1 Å². The Kier molecular flexibility index (Phi) is 4.09. The van der Waals surface area contributed by atoms with Gasteiger partial charge in [0.15, 0.2) is 5.76 Å². The molecular weight excluding hydrogens is 246 g/mol. The molecule has 0 unspecified atom stereocenters. The predicted octanol–water partition coefficient (Wildman–Crippen LogP) is 5.46. The van der Waals surface area contributed by atoms with Crippen LogP contribution in [0.15, 0.2) is 33.4 Å². The van der Waals surface area contributed by atoms with Crippen LogP contribution in [0, 0.1) is 11.8 Å². The summed E-state index contributed by atoms with van der Waals surface area (Å²) in [6, 6.07) is 3.99. The van der Waals surface area contributed by atoms with Crippen molar-refractivity contribution in [2.24, 2.45) is 16.8 Å². The van der Waals surface area contributed by atoms with Gasteiger partial charge in [-0.15, -0.1) is 0 Å². The largest absolute Gasteiger partial charge is 0.463 e. The van der Waals surface area contributed by atoms with Crippen LogP contribution >= 0.6 is 0 Å². The van der Waals surface area contributed by atoms with Gasteiger partial charge >= 0.3 is 0 Å². The highest BCUT2D eigenvalue weighted by atomic mass is 16.3. The fourth-order valence-electron chi connectivity index (χ4n) is 3.71. The zero-order valence-electron chi connectivity index (χ0n) is 12.7. The molecule has 2 aliphatic rings. The van der Waals surface area contributed by atoms with Gasteiger partial charge in [0.05, 0.1) is 6.26 Å². The van der Waals surface area contributed by atoms with E-state index in [2.05, 4.69) is 13.8 Å². The summed E-state index contributed by atoms with van der Waals surface area (Å²) in [6.45, 7) is 4.46. The van der Waals surface area contributed by atoms with E-state index in [-0.39, 0.29) is 0 Å². The molecule has 2 heterocycles. The lowest BCUT2D eigenvalue weighted by atomic mass is 9.78. The first-order chi connectivity index (χ1) is 9.76. The van der Waals surface area contributed by atoms with Crippen molar-refractivity contribution in [3.05, 3.63) is 29.7 Å². The summed E-state index contributed by atoms with van der Waals surface area (Å²) in [6.07, 6.45) is 11.0. The van der Waals surface area contributed by atoms with E-state index in [0.717, 1.165) is 29.7 Å². The molecule has 0 bridgehead atoms. The third-order valence-corrected chi connectivity index (χ3v) is 4.94. The number of aliphatic imine (C=N–C) groups is 1. The first-order valence-corrected chi connectivity index (χ1v) is 8.06. The number of hydrogen-bond acceptors (Lipinski definition) is 2. The van der Waals surface area contributed by atoms with Crippen LogP contribution in [-0.4, -0.2) is 5.71 Å². The van der Waals surface area contributed by atoms with Crippen molar-refractivity contribution in [1.82, 2.24) is 0 Å². The van der Waals surface area contributed by atoms with Gasteiger partial charge in [0.1, 0.15) is 5.70 Å². The minimum atomic E-state index is 0.860. The zero-order chi connectivity index (χ0) is 13.9. The Morgan fingerprint density at radius 1 is 1.20 bits per heavy atom. The van der Waals surface area contributed by atoms with Crippen molar-refractivity contribution in [1.29, 1.82) is 0 Å². The number of hydrogen-bond donors (Lipinski definition) is 0. The van der Waals surface area contributed by atoms with E-state index in [1.165, 1.54) is 49.8 Å². The number of rotatable bonds is 4. The topological polar surface area (TPSA) is 25.5 Å². The molecule has 0 N–H and O–H groups in total. The molecule has 0 aromatic carbocycles. The fraction of sp³-hybridized carbons (Fsp3) is 0.611. The normalized spacial score (nSPS) is 27.0. The monoisotopic (exact) mass is 271 g/mol. The molecule has 20 heavy (non-hydrogen) atoms. The maximum absolute atomic E-state index is 5.55. The lowest BCUT2D eigenvalue weighted by molar-refractivity contribution is 0.268. The van der Waals surface area contributed by atoms with Crippen LogP contribution in [0.2, 0.25) is 0 Å². The molecule has 1 aromatic heterocycles. The van der Waals surface area contributed by atoms with Gasteiger partial charge in [0.2, 0.25) is 0 Å². The third-order valence-electron chi connectivity index (χ3n) is 4.94. The molecule has 108 valence electrons. The summed E-state index contributed by atoms with van der Waals surface area (Å²) < 4.78 is 5.55. The molecule has 0 spiro atoms.